The van der Waals surface area contributed by atoms with E-state index < -0.39 is 17.7 Å². The van der Waals surface area contributed by atoms with E-state index in [1.165, 1.54) is 17.9 Å². The quantitative estimate of drug-likeness (QED) is 0.683. The lowest BCUT2D eigenvalue weighted by molar-refractivity contribution is -0.132. The Morgan fingerprint density at radius 2 is 1.91 bits per heavy atom. The van der Waals surface area contributed by atoms with Crippen LogP contribution in [0.2, 0.25) is 0 Å². The first-order chi connectivity index (χ1) is 15.2. The van der Waals surface area contributed by atoms with Crippen molar-refractivity contribution in [3.8, 4) is 0 Å². The third kappa shape index (κ3) is 5.09. The Morgan fingerprint density at radius 3 is 2.50 bits per heavy atom. The third-order valence-corrected chi connectivity index (χ3v) is 5.43. The van der Waals surface area contributed by atoms with Crippen molar-refractivity contribution in [3.05, 3.63) is 29.6 Å². The van der Waals surface area contributed by atoms with Gasteiger partial charge in [-0.3, -0.25) is 4.79 Å². The van der Waals surface area contributed by atoms with E-state index in [1.54, 1.807) is 33.0 Å². The van der Waals surface area contributed by atoms with Crippen LogP contribution < -0.4 is 5.32 Å². The Balaban J connectivity index is 1.94. The highest BCUT2D eigenvalue weighted by atomic mass is 16.6. The van der Waals surface area contributed by atoms with Crippen molar-refractivity contribution in [3.63, 3.8) is 0 Å². The standard InChI is InChI=1S/C23H32N4O5/c1-6-17(20(28)26-11-7-8-12-26)25-13-15-9-10-24-19-18(15)16(21(29)31-5)14-27(19)22(30)32-23(2,3)4/h9-10,14,17,25H,6-8,11-13H2,1-5H3/t17-/m1/s1. The van der Waals surface area contributed by atoms with Gasteiger partial charge in [0.1, 0.15) is 5.60 Å². The molecule has 0 saturated carbocycles. The zero-order valence-corrected chi connectivity index (χ0v) is 19.4. The molecule has 1 atom stereocenters. The molecule has 3 rings (SSSR count). The number of hydrogen-bond acceptors (Lipinski definition) is 7. The number of hydrogen-bond donors (Lipinski definition) is 1. The van der Waals surface area contributed by atoms with Gasteiger partial charge in [0.15, 0.2) is 5.65 Å². The van der Waals surface area contributed by atoms with Crippen LogP contribution in [0.1, 0.15) is 62.9 Å². The van der Waals surface area contributed by atoms with Crippen LogP contribution in [0, 0.1) is 0 Å². The summed E-state index contributed by atoms with van der Waals surface area (Å²) in [5.41, 5.74) is 0.558. The van der Waals surface area contributed by atoms with Crippen LogP contribution in [0.3, 0.4) is 0 Å². The van der Waals surface area contributed by atoms with Crippen LogP contribution in [0.5, 0.6) is 0 Å². The van der Waals surface area contributed by atoms with Crippen LogP contribution >= 0.6 is 0 Å². The number of nitrogens with one attached hydrogen (secondary N) is 1. The minimum atomic E-state index is -0.706. The van der Waals surface area contributed by atoms with Crippen LogP contribution in [-0.4, -0.2) is 64.3 Å². The molecular formula is C23H32N4O5. The lowest BCUT2D eigenvalue weighted by atomic mass is 10.1. The molecule has 9 nitrogen and oxygen atoms in total. The van der Waals surface area contributed by atoms with E-state index in [0.717, 1.165) is 31.5 Å². The highest BCUT2D eigenvalue weighted by molar-refractivity contribution is 6.06. The van der Waals surface area contributed by atoms with E-state index in [1.807, 2.05) is 11.8 Å². The van der Waals surface area contributed by atoms with Gasteiger partial charge in [-0.15, -0.1) is 0 Å². The van der Waals surface area contributed by atoms with Crippen molar-refractivity contribution in [2.45, 2.75) is 65.1 Å². The number of amides is 1. The first kappa shape index (κ1) is 23.7. The van der Waals surface area contributed by atoms with Crippen LogP contribution in [0.15, 0.2) is 18.5 Å². The van der Waals surface area contributed by atoms with Gasteiger partial charge in [-0.2, -0.15) is 0 Å². The fraction of sp³-hybridized carbons (Fsp3) is 0.565. The second-order valence-electron chi connectivity index (χ2n) is 8.93. The van der Waals surface area contributed by atoms with E-state index >= 15 is 0 Å². The summed E-state index contributed by atoms with van der Waals surface area (Å²) in [4.78, 5) is 44.3. The molecule has 2 aromatic rings. The highest BCUT2D eigenvalue weighted by Gasteiger charge is 2.27. The average molecular weight is 445 g/mol. The third-order valence-electron chi connectivity index (χ3n) is 5.43. The number of carbonyl (C=O) groups excluding carboxylic acids is 3. The predicted octanol–water partition coefficient (Wildman–Crippen LogP) is 3.10. The summed E-state index contributed by atoms with van der Waals surface area (Å²) in [6.07, 6.45) is 5.05. The lowest BCUT2D eigenvalue weighted by Crippen LogP contribution is -2.44. The summed E-state index contributed by atoms with van der Waals surface area (Å²) in [5, 5.41) is 3.82. The molecule has 9 heteroatoms. The summed E-state index contributed by atoms with van der Waals surface area (Å²) in [6.45, 7) is 9.18. The fourth-order valence-electron chi connectivity index (χ4n) is 3.88. The fourth-order valence-corrected chi connectivity index (χ4v) is 3.88. The molecule has 32 heavy (non-hydrogen) atoms. The SMILES string of the molecule is CC[C@@H](NCc1ccnc2c1c(C(=O)OC)cn2C(=O)OC(C)(C)C)C(=O)N1CCCC1. The molecule has 0 bridgehead atoms. The monoisotopic (exact) mass is 444 g/mol. The predicted molar refractivity (Wildman–Crippen MR) is 119 cm³/mol. The number of pyridine rings is 1. The minimum Gasteiger partial charge on any atom is -0.465 e. The molecule has 3 heterocycles. The maximum Gasteiger partial charge on any atom is 0.420 e. The molecule has 1 N–H and O–H groups in total. The highest BCUT2D eigenvalue weighted by Crippen LogP contribution is 2.26. The Labute approximate surface area is 188 Å². The molecule has 2 aromatic heterocycles. The molecule has 1 aliphatic heterocycles. The molecule has 174 valence electrons. The van der Waals surface area contributed by atoms with Gasteiger partial charge < -0.3 is 19.7 Å². The molecule has 0 spiro atoms. The maximum absolute atomic E-state index is 12.8. The molecule has 1 amide bonds. The zero-order chi connectivity index (χ0) is 23.5. The second kappa shape index (κ2) is 9.68. The van der Waals surface area contributed by atoms with Gasteiger partial charge >= 0.3 is 12.1 Å². The zero-order valence-electron chi connectivity index (χ0n) is 19.4. The number of methoxy groups -OCH3 is 1. The number of ether oxygens (including phenoxy) is 2. The number of carbonyl (C=O) groups is 3. The summed E-state index contributed by atoms with van der Waals surface area (Å²) in [5.74, 6) is -0.485. The molecule has 0 unspecified atom stereocenters. The number of likely N-dealkylation sites (tertiary alicyclic amines) is 1. The summed E-state index contributed by atoms with van der Waals surface area (Å²) in [6, 6.07) is 1.44. The van der Waals surface area contributed by atoms with Gasteiger partial charge in [-0.1, -0.05) is 6.92 Å². The Bertz CT molecular complexity index is 1000. The summed E-state index contributed by atoms with van der Waals surface area (Å²) < 4.78 is 11.6. The second-order valence-corrected chi connectivity index (χ2v) is 8.93. The van der Waals surface area contributed by atoms with Gasteiger partial charge in [-0.25, -0.2) is 19.1 Å². The van der Waals surface area contributed by atoms with E-state index in [9.17, 15) is 14.4 Å². The number of esters is 1. The summed E-state index contributed by atoms with van der Waals surface area (Å²) in [7, 11) is 1.29. The maximum atomic E-state index is 12.8. The van der Waals surface area contributed by atoms with Gasteiger partial charge in [0.2, 0.25) is 5.91 Å². The molecule has 1 aliphatic rings. The Kier molecular flexibility index (Phi) is 7.18. The van der Waals surface area contributed by atoms with Crippen LogP contribution in [0.25, 0.3) is 11.0 Å². The molecule has 1 fully saturated rings. The first-order valence-electron chi connectivity index (χ1n) is 11.0. The Hall–Kier alpha value is -2.94. The van der Waals surface area contributed by atoms with E-state index in [2.05, 4.69) is 10.3 Å². The van der Waals surface area contributed by atoms with Gasteiger partial charge in [0.25, 0.3) is 0 Å². The molecule has 0 radical (unpaired) electrons. The number of nitrogens with zero attached hydrogens (tertiary/aromatic N) is 3. The van der Waals surface area contributed by atoms with E-state index in [0.29, 0.717) is 24.0 Å². The van der Waals surface area contributed by atoms with Crippen molar-refractivity contribution >= 4 is 29.0 Å². The van der Waals surface area contributed by atoms with Crippen molar-refractivity contribution in [2.24, 2.45) is 0 Å². The van der Waals surface area contributed by atoms with Crippen molar-refractivity contribution in [1.82, 2.24) is 19.8 Å². The van der Waals surface area contributed by atoms with Crippen LogP contribution in [0.4, 0.5) is 4.79 Å². The van der Waals surface area contributed by atoms with Crippen molar-refractivity contribution in [2.75, 3.05) is 20.2 Å². The normalized spacial score (nSPS) is 15.1. The smallest absolute Gasteiger partial charge is 0.420 e. The van der Waals surface area contributed by atoms with Crippen molar-refractivity contribution < 1.29 is 23.9 Å². The molecule has 0 aliphatic carbocycles. The summed E-state index contributed by atoms with van der Waals surface area (Å²) >= 11 is 0. The molecule has 1 saturated heterocycles. The Morgan fingerprint density at radius 1 is 1.22 bits per heavy atom. The largest absolute Gasteiger partial charge is 0.465 e. The van der Waals surface area contributed by atoms with Gasteiger partial charge in [0, 0.05) is 37.4 Å². The van der Waals surface area contributed by atoms with Crippen molar-refractivity contribution in [1.29, 1.82) is 0 Å². The average Bonchev–Trinajstić information content (AvgIpc) is 3.41. The number of rotatable bonds is 6. The van der Waals surface area contributed by atoms with Crippen LogP contribution in [-0.2, 0) is 20.8 Å². The number of aromatic nitrogens is 2. The van der Waals surface area contributed by atoms with Gasteiger partial charge in [-0.05, 0) is 51.7 Å². The lowest BCUT2D eigenvalue weighted by Gasteiger charge is -2.23. The van der Waals surface area contributed by atoms with Gasteiger partial charge in [0.05, 0.1) is 18.7 Å². The van der Waals surface area contributed by atoms with E-state index in [-0.39, 0.29) is 17.5 Å². The van der Waals surface area contributed by atoms with E-state index in [4.69, 9.17) is 9.47 Å². The molecular weight excluding hydrogens is 412 g/mol. The molecule has 0 aromatic carbocycles. The topological polar surface area (TPSA) is 103 Å². The number of fused-ring (bicyclic) bond motifs is 1. The minimum absolute atomic E-state index is 0.0924. The first-order valence-corrected chi connectivity index (χ1v) is 11.0.